The smallest absolute Gasteiger partial charge is 0.303 e. The minimum Gasteiger partial charge on any atom is -0.481 e. The zero-order chi connectivity index (χ0) is 18.9. The average Bonchev–Trinajstić information content (AvgIpc) is 3.30. The Kier molecular flexibility index (Phi) is 6.66. The van der Waals surface area contributed by atoms with Crippen molar-refractivity contribution in [3.8, 4) is 0 Å². The van der Waals surface area contributed by atoms with E-state index in [0.29, 0.717) is 11.3 Å². The SMILES string of the molecule is Cl.O=C(O)CCC1CCC(NC(=O)c2ccc(C34CCN(CC3)C4)cc2)CC1. The van der Waals surface area contributed by atoms with Crippen LogP contribution in [0.2, 0.25) is 0 Å². The molecule has 6 heteroatoms. The van der Waals surface area contributed by atoms with Gasteiger partial charge in [0.05, 0.1) is 0 Å². The standard InChI is InChI=1S/C22H30N2O3.ClH/c25-20(26)10-3-16-1-8-19(9-2-16)23-21(27)17-4-6-18(7-5-17)22-11-13-24(15-22)14-12-22;/h4-7,16,19H,1-3,8-15H2,(H,23,27)(H,25,26);1H. The third kappa shape index (κ3) is 4.52. The molecule has 0 spiro atoms. The molecule has 4 rings (SSSR count). The predicted octanol–water partition coefficient (Wildman–Crippen LogP) is 3.61. The Balaban J connectivity index is 0.00000225. The molecular formula is C22H31ClN2O3. The molecule has 0 aromatic heterocycles. The van der Waals surface area contributed by atoms with Gasteiger partial charge in [-0.1, -0.05) is 12.1 Å². The summed E-state index contributed by atoms with van der Waals surface area (Å²) in [6.07, 6.45) is 7.42. The van der Waals surface area contributed by atoms with E-state index in [2.05, 4.69) is 22.3 Å². The number of nitrogens with zero attached hydrogens (tertiary/aromatic N) is 1. The predicted molar refractivity (Wildman–Crippen MR) is 111 cm³/mol. The Morgan fingerprint density at radius 2 is 1.71 bits per heavy atom. The van der Waals surface area contributed by atoms with Crippen LogP contribution in [0, 0.1) is 5.92 Å². The topological polar surface area (TPSA) is 69.6 Å². The second-order valence-electron chi connectivity index (χ2n) is 8.76. The molecule has 2 N–H and O–H groups in total. The van der Waals surface area contributed by atoms with Crippen LogP contribution in [0.3, 0.4) is 0 Å². The van der Waals surface area contributed by atoms with Crippen LogP contribution in [-0.4, -0.2) is 47.6 Å². The lowest BCUT2D eigenvalue weighted by atomic mass is 9.77. The number of halogens is 1. The Hall–Kier alpha value is -1.59. The summed E-state index contributed by atoms with van der Waals surface area (Å²) in [6, 6.07) is 8.51. The van der Waals surface area contributed by atoms with Gasteiger partial charge in [-0.25, -0.2) is 0 Å². The van der Waals surface area contributed by atoms with E-state index in [1.165, 1.54) is 38.0 Å². The number of carboxylic acid groups (broad SMARTS) is 1. The van der Waals surface area contributed by atoms with Gasteiger partial charge < -0.3 is 15.3 Å². The molecule has 28 heavy (non-hydrogen) atoms. The second kappa shape index (κ2) is 8.83. The van der Waals surface area contributed by atoms with E-state index in [0.717, 1.165) is 37.7 Å². The molecule has 2 heterocycles. The summed E-state index contributed by atoms with van der Waals surface area (Å²) < 4.78 is 0. The fraction of sp³-hybridized carbons (Fsp3) is 0.636. The summed E-state index contributed by atoms with van der Waals surface area (Å²) in [5.41, 5.74) is 2.46. The Morgan fingerprint density at radius 3 is 2.25 bits per heavy atom. The maximum absolute atomic E-state index is 12.6. The first-order valence-electron chi connectivity index (χ1n) is 10.4. The lowest BCUT2D eigenvalue weighted by molar-refractivity contribution is -0.137. The third-order valence-electron chi connectivity index (χ3n) is 7.05. The average molecular weight is 407 g/mol. The summed E-state index contributed by atoms with van der Waals surface area (Å²) in [4.78, 5) is 25.8. The Bertz CT molecular complexity index is 690. The highest BCUT2D eigenvalue weighted by molar-refractivity contribution is 5.94. The van der Waals surface area contributed by atoms with Crippen LogP contribution in [0.4, 0.5) is 0 Å². The first-order valence-corrected chi connectivity index (χ1v) is 10.4. The van der Waals surface area contributed by atoms with Crippen molar-refractivity contribution in [2.24, 2.45) is 5.92 Å². The summed E-state index contributed by atoms with van der Waals surface area (Å²) in [5.74, 6) is -0.200. The number of nitrogens with one attached hydrogen (secondary N) is 1. The number of hydrogen-bond acceptors (Lipinski definition) is 3. The number of piperidine rings is 1. The van der Waals surface area contributed by atoms with Crippen LogP contribution in [0.1, 0.15) is 67.3 Å². The van der Waals surface area contributed by atoms with Crippen molar-refractivity contribution >= 4 is 24.3 Å². The lowest BCUT2D eigenvalue weighted by Crippen LogP contribution is -2.37. The number of amides is 1. The van der Waals surface area contributed by atoms with E-state index in [-0.39, 0.29) is 30.8 Å². The molecule has 2 saturated heterocycles. The van der Waals surface area contributed by atoms with Gasteiger partial charge in [0.2, 0.25) is 0 Å². The molecule has 1 saturated carbocycles. The van der Waals surface area contributed by atoms with Gasteiger partial charge in [-0.05, 0) is 81.6 Å². The molecule has 0 radical (unpaired) electrons. The molecule has 1 aromatic rings. The Labute approximate surface area is 173 Å². The first-order chi connectivity index (χ1) is 13.0. The normalized spacial score (nSPS) is 31.2. The van der Waals surface area contributed by atoms with Crippen LogP contribution < -0.4 is 5.32 Å². The quantitative estimate of drug-likeness (QED) is 0.757. The molecule has 0 atom stereocenters. The molecule has 2 bridgehead atoms. The zero-order valence-corrected chi connectivity index (χ0v) is 17.2. The Morgan fingerprint density at radius 1 is 1.07 bits per heavy atom. The maximum atomic E-state index is 12.6. The van der Waals surface area contributed by atoms with Crippen molar-refractivity contribution in [1.82, 2.24) is 10.2 Å². The minimum atomic E-state index is -0.712. The number of carbonyl (C=O) groups is 2. The number of rotatable bonds is 6. The van der Waals surface area contributed by atoms with Gasteiger partial charge in [-0.2, -0.15) is 0 Å². The summed E-state index contributed by atoms with van der Waals surface area (Å²) in [7, 11) is 0. The number of aliphatic carboxylic acids is 1. The van der Waals surface area contributed by atoms with Gasteiger partial charge in [0, 0.05) is 30.0 Å². The largest absolute Gasteiger partial charge is 0.481 e. The van der Waals surface area contributed by atoms with E-state index in [1.54, 1.807) is 0 Å². The molecule has 2 aliphatic heterocycles. The maximum Gasteiger partial charge on any atom is 0.303 e. The minimum absolute atomic E-state index is 0. The fourth-order valence-electron chi connectivity index (χ4n) is 5.27. The second-order valence-corrected chi connectivity index (χ2v) is 8.76. The third-order valence-corrected chi connectivity index (χ3v) is 7.05. The monoisotopic (exact) mass is 406 g/mol. The van der Waals surface area contributed by atoms with E-state index in [4.69, 9.17) is 5.11 Å². The van der Waals surface area contributed by atoms with Crippen LogP contribution in [0.25, 0.3) is 0 Å². The molecule has 154 valence electrons. The van der Waals surface area contributed by atoms with Crippen LogP contribution in [0.15, 0.2) is 24.3 Å². The van der Waals surface area contributed by atoms with Crippen LogP contribution in [-0.2, 0) is 10.2 Å². The van der Waals surface area contributed by atoms with Crippen LogP contribution in [0.5, 0.6) is 0 Å². The molecule has 5 nitrogen and oxygen atoms in total. The number of benzene rings is 1. The van der Waals surface area contributed by atoms with Crippen LogP contribution >= 0.6 is 12.4 Å². The number of hydrogen-bond donors (Lipinski definition) is 2. The number of fused-ring (bicyclic) bond motifs is 2. The van der Waals surface area contributed by atoms with E-state index in [1.807, 2.05) is 12.1 Å². The molecule has 3 aliphatic rings. The van der Waals surface area contributed by atoms with Gasteiger partial charge in [0.15, 0.2) is 0 Å². The highest BCUT2D eigenvalue weighted by atomic mass is 35.5. The van der Waals surface area contributed by atoms with Crippen molar-refractivity contribution in [2.75, 3.05) is 19.6 Å². The van der Waals surface area contributed by atoms with Gasteiger partial charge in [-0.15, -0.1) is 12.4 Å². The van der Waals surface area contributed by atoms with Gasteiger partial charge >= 0.3 is 5.97 Å². The zero-order valence-electron chi connectivity index (χ0n) is 16.4. The highest BCUT2D eigenvalue weighted by Gasteiger charge is 2.44. The first kappa shape index (κ1) is 21.1. The van der Waals surface area contributed by atoms with Crippen molar-refractivity contribution in [3.63, 3.8) is 0 Å². The van der Waals surface area contributed by atoms with E-state index < -0.39 is 5.97 Å². The lowest BCUT2D eigenvalue weighted by Gasteiger charge is -2.29. The van der Waals surface area contributed by atoms with Crippen molar-refractivity contribution in [3.05, 3.63) is 35.4 Å². The van der Waals surface area contributed by atoms with Crippen molar-refractivity contribution in [1.29, 1.82) is 0 Å². The molecule has 1 aromatic carbocycles. The molecular weight excluding hydrogens is 376 g/mol. The van der Waals surface area contributed by atoms with E-state index >= 15 is 0 Å². The van der Waals surface area contributed by atoms with Crippen molar-refractivity contribution < 1.29 is 14.7 Å². The molecule has 0 unspecified atom stereocenters. The number of carboxylic acids is 1. The van der Waals surface area contributed by atoms with Gasteiger partial charge in [0.25, 0.3) is 5.91 Å². The number of carbonyl (C=O) groups excluding carboxylic acids is 1. The summed E-state index contributed by atoms with van der Waals surface area (Å²) in [5, 5.41) is 12.0. The summed E-state index contributed by atoms with van der Waals surface area (Å²) in [6.45, 7) is 3.58. The molecule has 1 amide bonds. The van der Waals surface area contributed by atoms with E-state index in [9.17, 15) is 9.59 Å². The fourth-order valence-corrected chi connectivity index (χ4v) is 5.27. The van der Waals surface area contributed by atoms with Gasteiger partial charge in [0.1, 0.15) is 0 Å². The van der Waals surface area contributed by atoms with Crippen molar-refractivity contribution in [2.45, 2.75) is 62.8 Å². The molecule has 1 aliphatic carbocycles. The van der Waals surface area contributed by atoms with Gasteiger partial charge in [-0.3, -0.25) is 9.59 Å². The highest BCUT2D eigenvalue weighted by Crippen LogP contribution is 2.43. The summed E-state index contributed by atoms with van der Waals surface area (Å²) >= 11 is 0. The molecule has 3 fully saturated rings.